The summed E-state index contributed by atoms with van der Waals surface area (Å²) in [5.41, 5.74) is 0. The van der Waals surface area contributed by atoms with Gasteiger partial charge in [0.05, 0.1) is 6.61 Å². The molecule has 2 saturated heterocycles. The topological polar surface area (TPSA) is 33.7 Å². The van der Waals surface area contributed by atoms with Gasteiger partial charge in [-0.05, 0) is 51.1 Å². The number of hydrogen-bond donors (Lipinski definition) is 1. The third kappa shape index (κ3) is 5.38. The van der Waals surface area contributed by atoms with Gasteiger partial charge in [-0.1, -0.05) is 0 Å². The number of nitrogens with zero attached hydrogens (tertiary/aromatic N) is 1. The average molecular weight is 270 g/mol. The summed E-state index contributed by atoms with van der Waals surface area (Å²) in [5.74, 6) is 0.866. The van der Waals surface area contributed by atoms with Gasteiger partial charge in [0.25, 0.3) is 0 Å². The van der Waals surface area contributed by atoms with Crippen LogP contribution in [-0.2, 0) is 9.47 Å². The molecule has 2 fully saturated rings. The van der Waals surface area contributed by atoms with Gasteiger partial charge in [0.1, 0.15) is 0 Å². The van der Waals surface area contributed by atoms with E-state index in [0.29, 0.717) is 0 Å². The summed E-state index contributed by atoms with van der Waals surface area (Å²) in [6.07, 6.45) is 6.51. The predicted molar refractivity (Wildman–Crippen MR) is 77.5 cm³/mol. The lowest BCUT2D eigenvalue weighted by Gasteiger charge is -2.35. The Morgan fingerprint density at radius 1 is 1.16 bits per heavy atom. The Morgan fingerprint density at radius 3 is 2.89 bits per heavy atom. The Kier molecular flexibility index (Phi) is 7.14. The molecule has 0 aromatic heterocycles. The van der Waals surface area contributed by atoms with Gasteiger partial charge in [0, 0.05) is 39.5 Å². The molecule has 19 heavy (non-hydrogen) atoms. The maximum Gasteiger partial charge on any atom is 0.0593 e. The van der Waals surface area contributed by atoms with Crippen molar-refractivity contribution >= 4 is 0 Å². The zero-order valence-corrected chi connectivity index (χ0v) is 12.4. The molecule has 2 unspecified atom stereocenters. The van der Waals surface area contributed by atoms with E-state index in [2.05, 4.69) is 10.2 Å². The van der Waals surface area contributed by atoms with E-state index in [1.807, 2.05) is 0 Å². The summed E-state index contributed by atoms with van der Waals surface area (Å²) in [4.78, 5) is 2.59. The number of rotatable bonds is 8. The monoisotopic (exact) mass is 270 g/mol. The second-order valence-corrected chi connectivity index (χ2v) is 5.86. The Hall–Kier alpha value is -0.160. The highest BCUT2D eigenvalue weighted by Crippen LogP contribution is 2.24. The second-order valence-electron chi connectivity index (χ2n) is 5.86. The van der Waals surface area contributed by atoms with Crippen molar-refractivity contribution in [1.82, 2.24) is 10.2 Å². The summed E-state index contributed by atoms with van der Waals surface area (Å²) in [5, 5.41) is 3.67. The van der Waals surface area contributed by atoms with Crippen LogP contribution < -0.4 is 5.32 Å². The smallest absolute Gasteiger partial charge is 0.0593 e. The van der Waals surface area contributed by atoms with Crippen LogP contribution in [0.4, 0.5) is 0 Å². The predicted octanol–water partition coefficient (Wildman–Crippen LogP) is 1.50. The van der Waals surface area contributed by atoms with E-state index in [1.165, 1.54) is 45.3 Å². The van der Waals surface area contributed by atoms with E-state index in [1.54, 1.807) is 7.11 Å². The highest BCUT2D eigenvalue weighted by molar-refractivity contribution is 4.86. The maximum absolute atomic E-state index is 5.66. The summed E-state index contributed by atoms with van der Waals surface area (Å²) in [6, 6.07) is 0.783. The first kappa shape index (κ1) is 15.2. The molecule has 4 nitrogen and oxygen atoms in total. The van der Waals surface area contributed by atoms with E-state index >= 15 is 0 Å². The lowest BCUT2D eigenvalue weighted by Crippen LogP contribution is -2.44. The first-order chi connectivity index (χ1) is 9.40. The van der Waals surface area contributed by atoms with E-state index in [4.69, 9.17) is 9.47 Å². The molecule has 2 rings (SSSR count). The number of hydrogen-bond acceptors (Lipinski definition) is 4. The molecule has 0 amide bonds. The fourth-order valence-electron chi connectivity index (χ4n) is 3.34. The number of methoxy groups -OCH3 is 1. The molecule has 0 saturated carbocycles. The Labute approximate surface area is 117 Å². The minimum Gasteiger partial charge on any atom is -0.385 e. The van der Waals surface area contributed by atoms with Gasteiger partial charge >= 0.3 is 0 Å². The van der Waals surface area contributed by atoms with Crippen LogP contribution in [0.15, 0.2) is 0 Å². The van der Waals surface area contributed by atoms with E-state index in [0.717, 1.165) is 44.7 Å². The molecule has 0 bridgehead atoms. The molecule has 112 valence electrons. The van der Waals surface area contributed by atoms with Crippen LogP contribution in [0.3, 0.4) is 0 Å². The van der Waals surface area contributed by atoms with Crippen LogP contribution in [-0.4, -0.2) is 64.1 Å². The SMILES string of the molecule is COCCCOCCN1CCCC(C2CCCN2)C1. The summed E-state index contributed by atoms with van der Waals surface area (Å²) >= 11 is 0. The van der Waals surface area contributed by atoms with Crippen molar-refractivity contribution in [3.8, 4) is 0 Å². The van der Waals surface area contributed by atoms with Crippen LogP contribution >= 0.6 is 0 Å². The number of piperidine rings is 1. The van der Waals surface area contributed by atoms with Crippen molar-refractivity contribution in [1.29, 1.82) is 0 Å². The van der Waals surface area contributed by atoms with Gasteiger partial charge in [-0.3, -0.25) is 0 Å². The van der Waals surface area contributed by atoms with Crippen LogP contribution in [0, 0.1) is 5.92 Å². The molecule has 0 spiro atoms. The molecule has 4 heteroatoms. The first-order valence-electron chi connectivity index (χ1n) is 7.92. The largest absolute Gasteiger partial charge is 0.385 e. The Balaban J connectivity index is 1.56. The lowest BCUT2D eigenvalue weighted by atomic mass is 9.90. The molecule has 0 aromatic rings. The third-order valence-corrected chi connectivity index (χ3v) is 4.40. The zero-order valence-electron chi connectivity index (χ0n) is 12.4. The van der Waals surface area contributed by atoms with Crippen molar-refractivity contribution in [2.24, 2.45) is 5.92 Å². The lowest BCUT2D eigenvalue weighted by molar-refractivity contribution is 0.0675. The summed E-state index contributed by atoms with van der Waals surface area (Å²) in [6.45, 7) is 7.34. The summed E-state index contributed by atoms with van der Waals surface area (Å²) < 4.78 is 10.7. The maximum atomic E-state index is 5.66. The van der Waals surface area contributed by atoms with Crippen molar-refractivity contribution in [3.05, 3.63) is 0 Å². The van der Waals surface area contributed by atoms with Gasteiger partial charge in [-0.25, -0.2) is 0 Å². The highest BCUT2D eigenvalue weighted by atomic mass is 16.5. The minimum atomic E-state index is 0.783. The molecule has 2 atom stereocenters. The molecule has 0 aromatic carbocycles. The summed E-state index contributed by atoms with van der Waals surface area (Å²) in [7, 11) is 1.74. The highest BCUT2D eigenvalue weighted by Gasteiger charge is 2.28. The molecular weight excluding hydrogens is 240 g/mol. The minimum absolute atomic E-state index is 0.783. The Bertz CT molecular complexity index is 232. The fraction of sp³-hybridized carbons (Fsp3) is 1.00. The van der Waals surface area contributed by atoms with Crippen molar-refractivity contribution in [3.63, 3.8) is 0 Å². The molecular formula is C15H30N2O2. The zero-order chi connectivity index (χ0) is 13.3. The van der Waals surface area contributed by atoms with Crippen LogP contribution in [0.25, 0.3) is 0 Å². The molecule has 2 heterocycles. The van der Waals surface area contributed by atoms with Gasteiger partial charge in [-0.2, -0.15) is 0 Å². The normalized spacial score (nSPS) is 28.9. The van der Waals surface area contributed by atoms with Crippen LogP contribution in [0.2, 0.25) is 0 Å². The van der Waals surface area contributed by atoms with Gasteiger partial charge in [-0.15, -0.1) is 0 Å². The molecule has 0 radical (unpaired) electrons. The molecule has 0 aliphatic carbocycles. The third-order valence-electron chi connectivity index (χ3n) is 4.40. The molecule has 1 N–H and O–H groups in total. The molecule has 2 aliphatic heterocycles. The average Bonchev–Trinajstić information content (AvgIpc) is 2.97. The molecule has 2 aliphatic rings. The van der Waals surface area contributed by atoms with E-state index in [-0.39, 0.29) is 0 Å². The van der Waals surface area contributed by atoms with Crippen molar-refractivity contribution < 1.29 is 9.47 Å². The van der Waals surface area contributed by atoms with Crippen LogP contribution in [0.5, 0.6) is 0 Å². The first-order valence-corrected chi connectivity index (χ1v) is 7.92. The second kappa shape index (κ2) is 8.90. The number of nitrogens with one attached hydrogen (secondary N) is 1. The number of likely N-dealkylation sites (tertiary alicyclic amines) is 1. The quantitative estimate of drug-likeness (QED) is 0.678. The van der Waals surface area contributed by atoms with Crippen molar-refractivity contribution in [2.75, 3.05) is 53.1 Å². The fourth-order valence-corrected chi connectivity index (χ4v) is 3.34. The van der Waals surface area contributed by atoms with E-state index in [9.17, 15) is 0 Å². The Morgan fingerprint density at radius 2 is 2.11 bits per heavy atom. The van der Waals surface area contributed by atoms with Crippen LogP contribution in [0.1, 0.15) is 32.1 Å². The standard InChI is InChI=1S/C15H30N2O2/c1-18-10-4-11-19-12-9-17-8-3-5-14(13-17)15-6-2-7-16-15/h14-16H,2-13H2,1H3. The number of ether oxygens (including phenoxy) is 2. The van der Waals surface area contributed by atoms with E-state index < -0.39 is 0 Å². The van der Waals surface area contributed by atoms with Gasteiger partial charge < -0.3 is 19.7 Å². The van der Waals surface area contributed by atoms with Crippen molar-refractivity contribution in [2.45, 2.75) is 38.1 Å². The van der Waals surface area contributed by atoms with Gasteiger partial charge in [0.15, 0.2) is 0 Å². The van der Waals surface area contributed by atoms with Gasteiger partial charge in [0.2, 0.25) is 0 Å².